The van der Waals surface area contributed by atoms with E-state index in [1.54, 1.807) is 19.2 Å². The van der Waals surface area contributed by atoms with Crippen molar-refractivity contribution < 1.29 is 27.4 Å². The standard InChI is InChI=1S/C31H32FN3O5/c1-6-22-21(24(8-3)39-34-22)16-37-26-14-20-27(15-19(26)28-23(7-2)35-40-25(28)9-4)38-30(29(20)31(36)33-5)17-10-12-18(32)13-11-17/h10-15H,6-9,16H2,1-5H3,(H,33,36). The summed E-state index contributed by atoms with van der Waals surface area (Å²) in [4.78, 5) is 13.2. The molecule has 0 saturated carbocycles. The van der Waals surface area contributed by atoms with E-state index < -0.39 is 0 Å². The first-order chi connectivity index (χ1) is 19.4. The molecule has 0 aliphatic rings. The van der Waals surface area contributed by atoms with Crippen molar-refractivity contribution in [2.24, 2.45) is 0 Å². The SMILES string of the molecule is CCc1noc(CC)c1COc1cc2c(C(=O)NC)c(-c3ccc(F)cc3)oc2cc1-c1c(CC)noc1CC. The van der Waals surface area contributed by atoms with Gasteiger partial charge in [0.25, 0.3) is 5.91 Å². The van der Waals surface area contributed by atoms with Gasteiger partial charge in [-0.1, -0.05) is 38.0 Å². The summed E-state index contributed by atoms with van der Waals surface area (Å²) < 4.78 is 37.7. The highest BCUT2D eigenvalue weighted by molar-refractivity contribution is 6.12. The fourth-order valence-corrected chi connectivity index (χ4v) is 4.99. The van der Waals surface area contributed by atoms with Gasteiger partial charge in [0.05, 0.1) is 28.1 Å². The molecule has 3 aromatic heterocycles. The van der Waals surface area contributed by atoms with Gasteiger partial charge in [-0.3, -0.25) is 4.79 Å². The molecule has 2 aromatic carbocycles. The molecule has 0 radical (unpaired) electrons. The van der Waals surface area contributed by atoms with Crippen LogP contribution in [0.25, 0.3) is 33.4 Å². The van der Waals surface area contributed by atoms with Crippen LogP contribution in [0, 0.1) is 5.82 Å². The molecule has 0 unspecified atom stereocenters. The zero-order valence-corrected chi connectivity index (χ0v) is 23.3. The van der Waals surface area contributed by atoms with E-state index in [-0.39, 0.29) is 18.3 Å². The number of benzene rings is 2. The number of aromatic nitrogens is 2. The molecule has 9 heteroatoms. The first-order valence-corrected chi connectivity index (χ1v) is 13.6. The summed E-state index contributed by atoms with van der Waals surface area (Å²) in [6.45, 7) is 8.29. The van der Waals surface area contributed by atoms with E-state index in [4.69, 9.17) is 18.2 Å². The molecule has 0 spiro atoms. The number of fused-ring (bicyclic) bond motifs is 1. The van der Waals surface area contributed by atoms with Crippen LogP contribution in [-0.2, 0) is 32.3 Å². The highest BCUT2D eigenvalue weighted by Gasteiger charge is 2.27. The molecular formula is C31H32FN3O5. The van der Waals surface area contributed by atoms with Crippen LogP contribution in [0.1, 0.15) is 66.5 Å². The van der Waals surface area contributed by atoms with Crippen molar-refractivity contribution in [1.82, 2.24) is 15.6 Å². The van der Waals surface area contributed by atoms with Gasteiger partial charge in [0.2, 0.25) is 0 Å². The second-order valence-corrected chi connectivity index (χ2v) is 9.40. The molecule has 208 valence electrons. The number of ether oxygens (including phenoxy) is 1. The molecule has 1 N–H and O–H groups in total. The minimum Gasteiger partial charge on any atom is -0.488 e. The molecular weight excluding hydrogens is 513 g/mol. The Labute approximate surface area is 231 Å². The van der Waals surface area contributed by atoms with Gasteiger partial charge in [-0.25, -0.2) is 4.39 Å². The molecule has 8 nitrogen and oxygen atoms in total. The number of furan rings is 1. The van der Waals surface area contributed by atoms with Crippen LogP contribution >= 0.6 is 0 Å². The molecule has 5 rings (SSSR count). The van der Waals surface area contributed by atoms with Crippen LogP contribution in [0.2, 0.25) is 0 Å². The summed E-state index contributed by atoms with van der Waals surface area (Å²) in [5, 5.41) is 11.8. The minimum absolute atomic E-state index is 0.237. The summed E-state index contributed by atoms with van der Waals surface area (Å²) in [5.74, 6) is 1.69. The van der Waals surface area contributed by atoms with E-state index in [0.717, 1.165) is 39.6 Å². The first-order valence-electron chi connectivity index (χ1n) is 13.6. The summed E-state index contributed by atoms with van der Waals surface area (Å²) >= 11 is 0. The Morgan fingerprint density at radius 3 is 2.25 bits per heavy atom. The molecule has 0 aliphatic carbocycles. The van der Waals surface area contributed by atoms with E-state index >= 15 is 0 Å². The van der Waals surface area contributed by atoms with Gasteiger partial charge in [0.1, 0.15) is 41.0 Å². The van der Waals surface area contributed by atoms with Gasteiger partial charge in [0, 0.05) is 36.4 Å². The summed E-state index contributed by atoms with van der Waals surface area (Å²) in [6.07, 6.45) is 2.69. The van der Waals surface area contributed by atoms with E-state index in [2.05, 4.69) is 15.6 Å². The van der Waals surface area contributed by atoms with E-state index in [9.17, 15) is 9.18 Å². The first kappa shape index (κ1) is 27.2. The summed E-state index contributed by atoms with van der Waals surface area (Å²) in [6, 6.07) is 9.54. The number of hydrogen-bond donors (Lipinski definition) is 1. The number of nitrogens with zero attached hydrogens (tertiary/aromatic N) is 2. The number of nitrogens with one attached hydrogen (secondary N) is 1. The van der Waals surface area contributed by atoms with Gasteiger partial charge in [-0.15, -0.1) is 0 Å². The maximum absolute atomic E-state index is 13.7. The Kier molecular flexibility index (Phi) is 7.73. The van der Waals surface area contributed by atoms with E-state index in [1.165, 1.54) is 12.1 Å². The van der Waals surface area contributed by atoms with E-state index in [0.29, 0.717) is 59.3 Å². The number of amides is 1. The predicted molar refractivity (Wildman–Crippen MR) is 149 cm³/mol. The van der Waals surface area contributed by atoms with Crippen molar-refractivity contribution in [3.05, 3.63) is 76.3 Å². The summed E-state index contributed by atoms with van der Waals surface area (Å²) in [5.41, 5.74) is 5.56. The molecule has 0 atom stereocenters. The van der Waals surface area contributed by atoms with Gasteiger partial charge in [0.15, 0.2) is 0 Å². The zero-order chi connectivity index (χ0) is 28.4. The lowest BCUT2D eigenvalue weighted by atomic mass is 9.97. The van der Waals surface area contributed by atoms with Crippen LogP contribution in [0.4, 0.5) is 4.39 Å². The molecule has 3 heterocycles. The Balaban J connectivity index is 1.74. The van der Waals surface area contributed by atoms with E-state index in [1.807, 2.05) is 39.8 Å². The fourth-order valence-electron chi connectivity index (χ4n) is 4.99. The van der Waals surface area contributed by atoms with Crippen molar-refractivity contribution in [3.63, 3.8) is 0 Å². The monoisotopic (exact) mass is 545 g/mol. The molecule has 0 saturated heterocycles. The zero-order valence-electron chi connectivity index (χ0n) is 23.3. The molecule has 0 fully saturated rings. The van der Waals surface area contributed by atoms with Crippen molar-refractivity contribution in [2.45, 2.75) is 60.0 Å². The Morgan fingerprint density at radius 1 is 0.925 bits per heavy atom. The van der Waals surface area contributed by atoms with Gasteiger partial charge in [-0.2, -0.15) is 0 Å². The number of halogens is 1. The third kappa shape index (κ3) is 4.76. The molecule has 1 amide bonds. The van der Waals surface area contributed by atoms with Crippen LogP contribution < -0.4 is 10.1 Å². The number of rotatable bonds is 10. The maximum atomic E-state index is 13.7. The van der Waals surface area contributed by atoms with Crippen molar-refractivity contribution in [1.29, 1.82) is 0 Å². The lowest BCUT2D eigenvalue weighted by Gasteiger charge is -2.13. The highest BCUT2D eigenvalue weighted by Crippen LogP contribution is 2.43. The average molecular weight is 546 g/mol. The quantitative estimate of drug-likeness (QED) is 0.200. The topological polar surface area (TPSA) is 104 Å². The average Bonchev–Trinajstić information content (AvgIpc) is 3.69. The van der Waals surface area contributed by atoms with Gasteiger partial charge in [-0.05, 0) is 49.2 Å². The van der Waals surface area contributed by atoms with Crippen molar-refractivity contribution in [3.8, 4) is 28.2 Å². The van der Waals surface area contributed by atoms with Crippen LogP contribution in [0.15, 0.2) is 49.9 Å². The normalized spacial score (nSPS) is 11.3. The Morgan fingerprint density at radius 2 is 1.60 bits per heavy atom. The smallest absolute Gasteiger partial charge is 0.255 e. The van der Waals surface area contributed by atoms with Crippen LogP contribution in [-0.4, -0.2) is 23.3 Å². The molecule has 0 bridgehead atoms. The third-order valence-electron chi connectivity index (χ3n) is 7.09. The maximum Gasteiger partial charge on any atom is 0.255 e. The Bertz CT molecular complexity index is 1620. The van der Waals surface area contributed by atoms with Gasteiger partial charge >= 0.3 is 0 Å². The van der Waals surface area contributed by atoms with Crippen molar-refractivity contribution in [2.75, 3.05) is 7.05 Å². The number of aryl methyl sites for hydroxylation is 4. The molecule has 40 heavy (non-hydrogen) atoms. The predicted octanol–water partition coefficient (Wildman–Crippen LogP) is 7.07. The van der Waals surface area contributed by atoms with Crippen LogP contribution in [0.5, 0.6) is 5.75 Å². The summed E-state index contributed by atoms with van der Waals surface area (Å²) in [7, 11) is 1.56. The third-order valence-corrected chi connectivity index (χ3v) is 7.09. The van der Waals surface area contributed by atoms with Crippen molar-refractivity contribution >= 4 is 16.9 Å². The number of hydrogen-bond acceptors (Lipinski definition) is 7. The highest BCUT2D eigenvalue weighted by atomic mass is 19.1. The fraction of sp³-hybridized carbons (Fsp3) is 0.323. The van der Waals surface area contributed by atoms with Gasteiger partial charge < -0.3 is 23.5 Å². The Hall–Kier alpha value is -4.40. The minimum atomic E-state index is -0.377. The number of carbonyl (C=O) groups is 1. The number of carbonyl (C=O) groups excluding carboxylic acids is 1. The lowest BCUT2D eigenvalue weighted by Crippen LogP contribution is -2.18. The second-order valence-electron chi connectivity index (χ2n) is 9.40. The van der Waals surface area contributed by atoms with Crippen LogP contribution in [0.3, 0.4) is 0 Å². The largest absolute Gasteiger partial charge is 0.488 e. The molecule has 5 aromatic rings. The second kappa shape index (κ2) is 11.4. The molecule has 0 aliphatic heterocycles. The lowest BCUT2D eigenvalue weighted by molar-refractivity contribution is 0.0964.